The van der Waals surface area contributed by atoms with Crippen LogP contribution in [-0.4, -0.2) is 52.2 Å². The number of nitrogens with zero attached hydrogens (tertiary/aromatic N) is 1. The van der Waals surface area contributed by atoms with Crippen LogP contribution >= 0.6 is 0 Å². The topological polar surface area (TPSA) is 81.9 Å². The Morgan fingerprint density at radius 1 is 1.10 bits per heavy atom. The van der Waals surface area contributed by atoms with Crippen LogP contribution in [0.2, 0.25) is 0 Å². The van der Waals surface area contributed by atoms with Crippen molar-refractivity contribution in [3.05, 3.63) is 23.3 Å². The monoisotopic (exact) mass is 314 g/mol. The van der Waals surface area contributed by atoms with Crippen molar-refractivity contribution < 1.29 is 17.9 Å². The first kappa shape index (κ1) is 16.2. The second-order valence-electron chi connectivity index (χ2n) is 5.31. The van der Waals surface area contributed by atoms with Crippen LogP contribution in [0.5, 0.6) is 0 Å². The maximum Gasteiger partial charge on any atom is 0.245 e. The quantitative estimate of drug-likeness (QED) is 0.836. The fourth-order valence-corrected chi connectivity index (χ4v) is 4.50. The molecule has 7 heteroatoms. The minimum Gasteiger partial charge on any atom is -0.397 e. The molecular weight excluding hydrogens is 292 g/mol. The Morgan fingerprint density at radius 2 is 1.57 bits per heavy atom. The lowest BCUT2D eigenvalue weighted by Crippen LogP contribution is -2.31. The van der Waals surface area contributed by atoms with Crippen LogP contribution < -0.4 is 5.73 Å². The molecule has 2 rings (SSSR count). The van der Waals surface area contributed by atoms with Gasteiger partial charge < -0.3 is 15.2 Å². The molecular formula is C14H22N2O4S. The van der Waals surface area contributed by atoms with E-state index in [1.165, 1.54) is 4.31 Å². The first-order valence-corrected chi connectivity index (χ1v) is 8.18. The van der Waals surface area contributed by atoms with Gasteiger partial charge in [-0.1, -0.05) is 12.1 Å². The molecule has 0 amide bonds. The van der Waals surface area contributed by atoms with Gasteiger partial charge in [-0.2, -0.15) is 4.31 Å². The number of hydrogen-bond donors (Lipinski definition) is 1. The molecule has 6 nitrogen and oxygen atoms in total. The van der Waals surface area contributed by atoms with Gasteiger partial charge in [0.05, 0.1) is 17.9 Å². The number of rotatable bonds is 4. The van der Waals surface area contributed by atoms with Gasteiger partial charge in [-0.3, -0.25) is 0 Å². The summed E-state index contributed by atoms with van der Waals surface area (Å²) in [5.74, 6) is 0. The zero-order chi connectivity index (χ0) is 15.8. The summed E-state index contributed by atoms with van der Waals surface area (Å²) in [7, 11) is -0.551. The summed E-state index contributed by atoms with van der Waals surface area (Å²) in [6.07, 6.45) is -0.535. The van der Waals surface area contributed by atoms with E-state index >= 15 is 0 Å². The summed E-state index contributed by atoms with van der Waals surface area (Å²) in [6, 6.07) is 3.60. The highest BCUT2D eigenvalue weighted by Gasteiger charge is 2.41. The first-order chi connectivity index (χ1) is 9.82. The Labute approximate surface area is 125 Å². The minimum absolute atomic E-state index is 0.189. The number of aryl methyl sites for hydroxylation is 2. The summed E-state index contributed by atoms with van der Waals surface area (Å²) < 4.78 is 37.8. The maximum atomic E-state index is 12.9. The van der Waals surface area contributed by atoms with Gasteiger partial charge in [0.15, 0.2) is 0 Å². The lowest BCUT2D eigenvalue weighted by molar-refractivity contribution is -0.00461. The smallest absolute Gasteiger partial charge is 0.245 e. The van der Waals surface area contributed by atoms with Gasteiger partial charge in [0.25, 0.3) is 0 Å². The molecule has 0 bridgehead atoms. The lowest BCUT2D eigenvalue weighted by atomic mass is 10.1. The fraction of sp³-hybridized carbons (Fsp3) is 0.571. The molecule has 2 N–H and O–H groups in total. The van der Waals surface area contributed by atoms with E-state index < -0.39 is 10.0 Å². The highest BCUT2D eigenvalue weighted by atomic mass is 32.2. The average Bonchev–Trinajstić information content (AvgIpc) is 2.87. The van der Waals surface area contributed by atoms with Gasteiger partial charge in [0.1, 0.15) is 4.90 Å². The molecule has 0 spiro atoms. The summed E-state index contributed by atoms with van der Waals surface area (Å²) >= 11 is 0. The van der Waals surface area contributed by atoms with Gasteiger partial charge in [0.2, 0.25) is 10.0 Å². The fourth-order valence-electron chi connectivity index (χ4n) is 2.64. The second-order valence-corrected chi connectivity index (χ2v) is 7.19. The van der Waals surface area contributed by atoms with Crippen LogP contribution in [0.4, 0.5) is 5.69 Å². The van der Waals surface area contributed by atoms with Crippen molar-refractivity contribution in [3.63, 3.8) is 0 Å². The van der Waals surface area contributed by atoms with E-state index in [4.69, 9.17) is 15.2 Å². The molecule has 1 aromatic rings. The van der Waals surface area contributed by atoms with Crippen molar-refractivity contribution in [2.75, 3.05) is 33.0 Å². The normalized spacial score (nSPS) is 23.6. The molecule has 21 heavy (non-hydrogen) atoms. The van der Waals surface area contributed by atoms with Crippen molar-refractivity contribution in [1.29, 1.82) is 0 Å². The van der Waals surface area contributed by atoms with Gasteiger partial charge in [-0.05, 0) is 25.0 Å². The maximum absolute atomic E-state index is 12.9. The van der Waals surface area contributed by atoms with Crippen molar-refractivity contribution in [2.45, 2.75) is 31.0 Å². The molecule has 118 valence electrons. The van der Waals surface area contributed by atoms with Crippen LogP contribution in [0.3, 0.4) is 0 Å². The third-order valence-electron chi connectivity index (χ3n) is 4.00. The predicted octanol–water partition coefficient (Wildman–Crippen LogP) is 0.920. The summed E-state index contributed by atoms with van der Waals surface area (Å²) in [4.78, 5) is 0.189. The molecule has 1 aromatic carbocycles. The van der Waals surface area contributed by atoms with Gasteiger partial charge in [0, 0.05) is 27.3 Å². The predicted molar refractivity (Wildman–Crippen MR) is 80.7 cm³/mol. The molecule has 0 aromatic heterocycles. The first-order valence-electron chi connectivity index (χ1n) is 6.74. The van der Waals surface area contributed by atoms with Gasteiger partial charge >= 0.3 is 0 Å². The highest BCUT2D eigenvalue weighted by Crippen LogP contribution is 2.31. The van der Waals surface area contributed by atoms with Crippen molar-refractivity contribution in [1.82, 2.24) is 4.31 Å². The SMILES string of the molecule is COC1CN(S(=O)(=O)c2c(C)ccc(C)c2N)CC1OC. The van der Waals surface area contributed by atoms with E-state index in [0.717, 1.165) is 5.56 Å². The van der Waals surface area contributed by atoms with Crippen LogP contribution in [0, 0.1) is 13.8 Å². The van der Waals surface area contributed by atoms with Crippen LogP contribution in [0.15, 0.2) is 17.0 Å². The van der Waals surface area contributed by atoms with E-state index in [-0.39, 0.29) is 30.2 Å². The molecule has 2 atom stereocenters. The van der Waals surface area contributed by atoms with E-state index in [9.17, 15) is 8.42 Å². The van der Waals surface area contributed by atoms with Crippen molar-refractivity contribution in [3.8, 4) is 0 Å². The van der Waals surface area contributed by atoms with Crippen molar-refractivity contribution in [2.24, 2.45) is 0 Å². The van der Waals surface area contributed by atoms with E-state index in [1.807, 2.05) is 6.07 Å². The Hall–Kier alpha value is -1.15. The molecule has 1 aliphatic heterocycles. The Balaban J connectivity index is 2.43. The third-order valence-corrected chi connectivity index (χ3v) is 6.03. The van der Waals surface area contributed by atoms with Gasteiger partial charge in [-0.15, -0.1) is 0 Å². The number of nitrogen functional groups attached to an aromatic ring is 1. The Morgan fingerprint density at radius 3 is 2.05 bits per heavy atom. The summed E-state index contributed by atoms with van der Waals surface area (Å²) in [5.41, 5.74) is 7.71. The van der Waals surface area contributed by atoms with Crippen LogP contribution in [-0.2, 0) is 19.5 Å². The minimum atomic E-state index is -3.66. The van der Waals surface area contributed by atoms with E-state index in [2.05, 4.69) is 0 Å². The number of nitrogens with two attached hydrogens (primary N) is 1. The molecule has 1 aliphatic rings. The van der Waals surface area contributed by atoms with E-state index in [1.54, 1.807) is 34.1 Å². The van der Waals surface area contributed by atoms with Crippen LogP contribution in [0.25, 0.3) is 0 Å². The molecule has 2 unspecified atom stereocenters. The average molecular weight is 314 g/mol. The summed E-state index contributed by atoms with van der Waals surface area (Å²) in [5, 5.41) is 0. The Bertz CT molecular complexity index is 618. The number of benzene rings is 1. The largest absolute Gasteiger partial charge is 0.397 e. The van der Waals surface area contributed by atoms with Crippen LogP contribution in [0.1, 0.15) is 11.1 Å². The highest BCUT2D eigenvalue weighted by molar-refractivity contribution is 7.89. The lowest BCUT2D eigenvalue weighted by Gasteiger charge is -2.20. The Kier molecular flexibility index (Phi) is 4.57. The second kappa shape index (κ2) is 5.92. The molecule has 0 saturated carbocycles. The zero-order valence-corrected chi connectivity index (χ0v) is 13.6. The van der Waals surface area contributed by atoms with Crippen molar-refractivity contribution >= 4 is 15.7 Å². The standard InChI is InChI=1S/C14H22N2O4S/c1-9-5-6-10(2)14(13(9)15)21(17,18)16-7-11(19-3)12(8-16)20-4/h5-6,11-12H,7-8,15H2,1-4H3. The molecule has 0 aliphatic carbocycles. The molecule has 1 fully saturated rings. The number of sulfonamides is 1. The molecule has 1 heterocycles. The van der Waals surface area contributed by atoms with Gasteiger partial charge in [-0.25, -0.2) is 8.42 Å². The molecule has 1 saturated heterocycles. The molecule has 0 radical (unpaired) electrons. The third kappa shape index (κ3) is 2.78. The number of ether oxygens (including phenoxy) is 2. The zero-order valence-electron chi connectivity index (χ0n) is 12.8. The number of hydrogen-bond acceptors (Lipinski definition) is 5. The summed E-state index contributed by atoms with van der Waals surface area (Å²) in [6.45, 7) is 4.09. The number of anilines is 1. The number of methoxy groups -OCH3 is 2. The van der Waals surface area contributed by atoms with E-state index in [0.29, 0.717) is 11.3 Å².